The van der Waals surface area contributed by atoms with E-state index in [9.17, 15) is 14.7 Å². The molecule has 0 bridgehead atoms. The van der Waals surface area contributed by atoms with Gasteiger partial charge in [0.1, 0.15) is 5.76 Å². The first-order valence-electron chi connectivity index (χ1n) is 11.2. The number of amides is 2. The first kappa shape index (κ1) is 31.4. The van der Waals surface area contributed by atoms with Crippen LogP contribution < -0.4 is 16.0 Å². The SMILES string of the molecule is C=CCNC(=O)N[C@@H](CCCCNCc1ccc(C)c(C)c1)C(=C)O.CC.CCC(=O)O. The van der Waals surface area contributed by atoms with Crippen molar-refractivity contribution in [1.82, 2.24) is 16.0 Å². The lowest BCUT2D eigenvalue weighted by Gasteiger charge is -2.17. The van der Waals surface area contributed by atoms with Gasteiger partial charge in [-0.05, 0) is 56.3 Å². The molecular weight excluding hydrogens is 406 g/mol. The van der Waals surface area contributed by atoms with Crippen LogP contribution in [0.3, 0.4) is 0 Å². The topological polar surface area (TPSA) is 111 Å². The Balaban J connectivity index is 0. The average molecular weight is 450 g/mol. The van der Waals surface area contributed by atoms with Crippen LogP contribution in [0.2, 0.25) is 0 Å². The first-order chi connectivity index (χ1) is 15.2. The van der Waals surface area contributed by atoms with Crippen molar-refractivity contribution in [3.63, 3.8) is 0 Å². The van der Waals surface area contributed by atoms with E-state index in [0.29, 0.717) is 13.0 Å². The molecule has 0 aliphatic rings. The highest BCUT2D eigenvalue weighted by molar-refractivity contribution is 5.74. The van der Waals surface area contributed by atoms with Gasteiger partial charge in [0.25, 0.3) is 0 Å². The summed E-state index contributed by atoms with van der Waals surface area (Å²) in [5, 5.41) is 26.1. The minimum absolute atomic E-state index is 0.0168. The minimum atomic E-state index is -0.745. The number of carboxylic acid groups (broad SMARTS) is 1. The van der Waals surface area contributed by atoms with Crippen molar-refractivity contribution < 1.29 is 19.8 Å². The number of urea groups is 1. The number of rotatable bonds is 12. The summed E-state index contributed by atoms with van der Waals surface area (Å²) in [5.74, 6) is -0.762. The number of carbonyl (C=O) groups excluding carboxylic acids is 1. The number of carboxylic acids is 1. The van der Waals surface area contributed by atoms with Gasteiger partial charge in [-0.2, -0.15) is 0 Å². The fourth-order valence-electron chi connectivity index (χ4n) is 2.44. The maximum absolute atomic E-state index is 11.6. The highest BCUT2D eigenvalue weighted by atomic mass is 16.4. The van der Waals surface area contributed by atoms with Crippen LogP contribution in [0.15, 0.2) is 43.2 Å². The van der Waals surface area contributed by atoms with Crippen molar-refractivity contribution in [1.29, 1.82) is 0 Å². The highest BCUT2D eigenvalue weighted by Gasteiger charge is 2.14. The molecule has 0 spiro atoms. The van der Waals surface area contributed by atoms with E-state index >= 15 is 0 Å². The van der Waals surface area contributed by atoms with Crippen molar-refractivity contribution >= 4 is 12.0 Å². The van der Waals surface area contributed by atoms with Crippen LogP contribution in [0.5, 0.6) is 0 Å². The molecule has 0 aliphatic carbocycles. The van der Waals surface area contributed by atoms with Gasteiger partial charge in [0.05, 0.1) is 6.04 Å². The molecule has 0 saturated carbocycles. The molecule has 1 aromatic rings. The summed E-state index contributed by atoms with van der Waals surface area (Å²) >= 11 is 0. The van der Waals surface area contributed by atoms with Gasteiger partial charge < -0.3 is 26.2 Å². The number of aryl methyl sites for hydroxylation is 2. The second kappa shape index (κ2) is 20.1. The second-order valence-electron chi connectivity index (χ2n) is 7.03. The van der Waals surface area contributed by atoms with Crippen LogP contribution in [-0.4, -0.2) is 41.3 Å². The summed E-state index contributed by atoms with van der Waals surface area (Å²) < 4.78 is 0. The molecule has 0 fully saturated rings. The van der Waals surface area contributed by atoms with Gasteiger partial charge in [-0.3, -0.25) is 4.79 Å². The van der Waals surface area contributed by atoms with E-state index in [2.05, 4.69) is 61.2 Å². The molecule has 1 rings (SSSR count). The predicted molar refractivity (Wildman–Crippen MR) is 133 cm³/mol. The number of nitrogens with one attached hydrogen (secondary N) is 3. The zero-order chi connectivity index (χ0) is 24.9. The first-order valence-corrected chi connectivity index (χ1v) is 11.2. The van der Waals surface area contributed by atoms with Crippen molar-refractivity contribution in [2.24, 2.45) is 0 Å². The number of carbonyl (C=O) groups is 2. The van der Waals surface area contributed by atoms with Crippen LogP contribution in [0.4, 0.5) is 4.79 Å². The summed E-state index contributed by atoms with van der Waals surface area (Å²) in [6.45, 7) is 19.0. The van der Waals surface area contributed by atoms with Crippen LogP contribution in [0.1, 0.15) is 63.1 Å². The van der Waals surface area contributed by atoms with Gasteiger partial charge in [0, 0.05) is 19.5 Å². The van der Waals surface area contributed by atoms with E-state index in [4.69, 9.17) is 5.11 Å². The van der Waals surface area contributed by atoms with Crippen LogP contribution in [0.25, 0.3) is 0 Å². The zero-order valence-electron chi connectivity index (χ0n) is 20.5. The highest BCUT2D eigenvalue weighted by Crippen LogP contribution is 2.10. The number of aliphatic carboxylic acids is 1. The molecule has 0 unspecified atom stereocenters. The van der Waals surface area contributed by atoms with Crippen molar-refractivity contribution in [3.8, 4) is 0 Å². The normalized spacial score (nSPS) is 10.4. The summed E-state index contributed by atoms with van der Waals surface area (Å²) in [7, 11) is 0. The lowest BCUT2D eigenvalue weighted by atomic mass is 10.1. The van der Waals surface area contributed by atoms with Gasteiger partial charge >= 0.3 is 12.0 Å². The van der Waals surface area contributed by atoms with Gasteiger partial charge in [0.15, 0.2) is 0 Å². The van der Waals surface area contributed by atoms with Crippen molar-refractivity contribution in [3.05, 3.63) is 59.9 Å². The summed E-state index contributed by atoms with van der Waals surface area (Å²) in [4.78, 5) is 21.0. The maximum Gasteiger partial charge on any atom is 0.315 e. The Morgan fingerprint density at radius 2 is 1.75 bits per heavy atom. The second-order valence-corrected chi connectivity index (χ2v) is 7.03. The summed E-state index contributed by atoms with van der Waals surface area (Å²) in [6.07, 6.45) is 4.32. The van der Waals surface area contributed by atoms with Gasteiger partial charge in [-0.25, -0.2) is 4.79 Å². The Hall–Kier alpha value is -2.80. The number of aliphatic hydroxyl groups excluding tert-OH is 1. The Bertz CT molecular complexity index is 690. The lowest BCUT2D eigenvalue weighted by molar-refractivity contribution is -0.136. The number of hydrogen-bond donors (Lipinski definition) is 5. The van der Waals surface area contributed by atoms with E-state index in [1.54, 1.807) is 13.0 Å². The van der Waals surface area contributed by atoms with Gasteiger partial charge in [-0.1, -0.05) is 51.6 Å². The van der Waals surface area contributed by atoms with Crippen LogP contribution in [-0.2, 0) is 11.3 Å². The van der Waals surface area contributed by atoms with Crippen molar-refractivity contribution in [2.45, 2.75) is 72.9 Å². The van der Waals surface area contributed by atoms with E-state index in [1.807, 2.05) is 13.8 Å². The fourth-order valence-corrected chi connectivity index (χ4v) is 2.44. The molecule has 182 valence electrons. The standard InChI is InChI=1S/C20H31N3O2.C3H6O2.C2H6/c1-5-11-22-20(25)23-19(17(4)24)8-6-7-12-21-14-18-10-9-15(2)16(3)13-18;1-2-3(4)5;1-2/h5,9-10,13,19,21,24H,1,4,6-8,11-12,14H2,2-3H3,(H2,22,23,25);2H2,1H3,(H,4,5);1-2H3/t19-;;/m0../s1. The van der Waals surface area contributed by atoms with Crippen LogP contribution in [0, 0.1) is 13.8 Å². The number of unbranched alkanes of at least 4 members (excludes halogenated alkanes) is 1. The lowest BCUT2D eigenvalue weighted by Crippen LogP contribution is -2.43. The molecule has 7 nitrogen and oxygen atoms in total. The molecule has 0 aliphatic heterocycles. The van der Waals surface area contributed by atoms with E-state index in [0.717, 1.165) is 25.9 Å². The molecular formula is C25H43N3O4. The van der Waals surface area contributed by atoms with Gasteiger partial charge in [0.2, 0.25) is 0 Å². The van der Waals surface area contributed by atoms with E-state index < -0.39 is 12.0 Å². The summed E-state index contributed by atoms with van der Waals surface area (Å²) in [6, 6.07) is 5.75. The number of benzene rings is 1. The summed E-state index contributed by atoms with van der Waals surface area (Å²) in [5.41, 5.74) is 3.90. The van der Waals surface area contributed by atoms with E-state index in [1.165, 1.54) is 16.7 Å². The molecule has 7 heteroatoms. The van der Waals surface area contributed by atoms with E-state index in [-0.39, 0.29) is 18.2 Å². The van der Waals surface area contributed by atoms with Crippen molar-refractivity contribution in [2.75, 3.05) is 13.1 Å². The quantitative estimate of drug-likeness (QED) is 0.175. The fraction of sp³-hybridized carbons (Fsp3) is 0.520. The Morgan fingerprint density at radius 1 is 1.12 bits per heavy atom. The maximum atomic E-state index is 11.6. The third-order valence-electron chi connectivity index (χ3n) is 4.41. The minimum Gasteiger partial charge on any atom is -0.511 e. The number of aliphatic hydroxyl groups is 1. The molecule has 0 aromatic heterocycles. The molecule has 0 radical (unpaired) electrons. The largest absolute Gasteiger partial charge is 0.511 e. The molecule has 2 amide bonds. The Morgan fingerprint density at radius 3 is 2.25 bits per heavy atom. The predicted octanol–water partition coefficient (Wildman–Crippen LogP) is 5.00. The average Bonchev–Trinajstić information content (AvgIpc) is 2.77. The monoisotopic (exact) mass is 449 g/mol. The molecule has 0 heterocycles. The Kier molecular flexibility index (Phi) is 19.7. The molecule has 1 aromatic carbocycles. The molecule has 0 saturated heterocycles. The molecule has 5 N–H and O–H groups in total. The van der Waals surface area contributed by atoms with Crippen LogP contribution >= 0.6 is 0 Å². The third-order valence-corrected chi connectivity index (χ3v) is 4.41. The Labute approximate surface area is 194 Å². The number of hydrogen-bond acceptors (Lipinski definition) is 4. The zero-order valence-corrected chi connectivity index (χ0v) is 20.5. The van der Waals surface area contributed by atoms with Gasteiger partial charge in [-0.15, -0.1) is 6.58 Å². The molecule has 1 atom stereocenters. The smallest absolute Gasteiger partial charge is 0.315 e. The third kappa shape index (κ3) is 16.9. The molecule has 32 heavy (non-hydrogen) atoms.